The van der Waals surface area contributed by atoms with Crippen LogP contribution >= 0.6 is 0 Å². The van der Waals surface area contributed by atoms with Crippen LogP contribution in [0.2, 0.25) is 0 Å². The number of hydrogen-bond acceptors (Lipinski definition) is 3. The summed E-state index contributed by atoms with van der Waals surface area (Å²) in [5.41, 5.74) is 1.24. The Balaban J connectivity index is 1.96. The lowest BCUT2D eigenvalue weighted by molar-refractivity contribution is 0.168. The molecule has 3 heteroatoms. The van der Waals surface area contributed by atoms with Gasteiger partial charge in [-0.3, -0.25) is 0 Å². The highest BCUT2D eigenvalue weighted by Gasteiger charge is 2.20. The van der Waals surface area contributed by atoms with Crippen LogP contribution in [0.4, 0.5) is 0 Å². The lowest BCUT2D eigenvalue weighted by Crippen LogP contribution is -2.21. The maximum Gasteiger partial charge on any atom is 0.166 e. The quantitative estimate of drug-likeness (QED) is 0.726. The second-order valence-corrected chi connectivity index (χ2v) is 5.42. The average Bonchev–Trinajstić information content (AvgIpc) is 2.51. The van der Waals surface area contributed by atoms with Gasteiger partial charge in [-0.25, -0.2) is 0 Å². The Labute approximate surface area is 122 Å². The lowest BCUT2D eigenvalue weighted by Gasteiger charge is -2.25. The van der Waals surface area contributed by atoms with Crippen LogP contribution in [0.1, 0.15) is 57.1 Å². The van der Waals surface area contributed by atoms with Gasteiger partial charge in [0, 0.05) is 11.6 Å². The predicted octanol–water partition coefficient (Wildman–Crippen LogP) is 4.08. The monoisotopic (exact) mass is 277 g/mol. The fourth-order valence-corrected chi connectivity index (χ4v) is 2.78. The molecule has 1 aromatic rings. The molecule has 1 atom stereocenters. The summed E-state index contributed by atoms with van der Waals surface area (Å²) in [6.45, 7) is 3.55. The van der Waals surface area contributed by atoms with E-state index in [4.69, 9.17) is 9.47 Å². The van der Waals surface area contributed by atoms with Gasteiger partial charge in [-0.15, -0.1) is 0 Å². The highest BCUT2D eigenvalue weighted by atomic mass is 16.6. The second-order valence-electron chi connectivity index (χ2n) is 5.42. The molecule has 1 unspecified atom stereocenters. The first kappa shape index (κ1) is 15.2. The Morgan fingerprint density at radius 3 is 2.70 bits per heavy atom. The van der Waals surface area contributed by atoms with Crippen molar-refractivity contribution in [3.63, 3.8) is 0 Å². The summed E-state index contributed by atoms with van der Waals surface area (Å²) < 4.78 is 11.5. The molecule has 0 spiro atoms. The fourth-order valence-electron chi connectivity index (χ4n) is 2.78. The zero-order valence-electron chi connectivity index (χ0n) is 12.8. The van der Waals surface area contributed by atoms with Gasteiger partial charge < -0.3 is 14.8 Å². The van der Waals surface area contributed by atoms with Crippen LogP contribution < -0.4 is 14.8 Å². The summed E-state index contributed by atoms with van der Waals surface area (Å²) in [6, 6.07) is 6.56. The number of fused-ring (bicyclic) bond motifs is 1. The Morgan fingerprint density at radius 1 is 1.10 bits per heavy atom. The molecule has 1 aromatic carbocycles. The average molecular weight is 277 g/mol. The number of hydrogen-bond donors (Lipinski definition) is 1. The topological polar surface area (TPSA) is 30.5 Å². The largest absolute Gasteiger partial charge is 0.486 e. The molecule has 0 saturated carbocycles. The Morgan fingerprint density at radius 2 is 1.90 bits per heavy atom. The molecule has 0 aromatic heterocycles. The van der Waals surface area contributed by atoms with Crippen molar-refractivity contribution in [1.29, 1.82) is 0 Å². The third-order valence-corrected chi connectivity index (χ3v) is 3.92. The van der Waals surface area contributed by atoms with Crippen molar-refractivity contribution in [1.82, 2.24) is 5.32 Å². The van der Waals surface area contributed by atoms with Crippen molar-refractivity contribution in [2.24, 2.45) is 0 Å². The summed E-state index contributed by atoms with van der Waals surface area (Å²) in [4.78, 5) is 0. The van der Waals surface area contributed by atoms with Gasteiger partial charge in [-0.05, 0) is 19.5 Å². The number of para-hydroxylation sites is 1. The SMILES string of the molecule is CCCCCCCC(NC)c1cccc2c1OCCO2. The molecule has 1 aliphatic rings. The first-order valence-corrected chi connectivity index (χ1v) is 7.92. The van der Waals surface area contributed by atoms with Crippen LogP contribution in [0.3, 0.4) is 0 Å². The molecule has 1 heterocycles. The highest BCUT2D eigenvalue weighted by molar-refractivity contribution is 5.48. The van der Waals surface area contributed by atoms with Crippen LogP contribution in [0.25, 0.3) is 0 Å². The maximum absolute atomic E-state index is 5.82. The van der Waals surface area contributed by atoms with E-state index in [1.165, 1.54) is 37.7 Å². The summed E-state index contributed by atoms with van der Waals surface area (Å²) in [6.07, 6.45) is 7.72. The third kappa shape index (κ3) is 3.89. The van der Waals surface area contributed by atoms with Gasteiger partial charge >= 0.3 is 0 Å². The smallest absolute Gasteiger partial charge is 0.166 e. The summed E-state index contributed by atoms with van der Waals surface area (Å²) in [5, 5.41) is 3.42. The van der Waals surface area contributed by atoms with Crippen LogP contribution in [0, 0.1) is 0 Å². The van der Waals surface area contributed by atoms with Crippen LogP contribution in [0.5, 0.6) is 11.5 Å². The van der Waals surface area contributed by atoms with E-state index in [0.717, 1.165) is 17.9 Å². The first-order valence-electron chi connectivity index (χ1n) is 7.92. The third-order valence-electron chi connectivity index (χ3n) is 3.92. The molecule has 112 valence electrons. The van der Waals surface area contributed by atoms with E-state index >= 15 is 0 Å². The van der Waals surface area contributed by atoms with E-state index in [1.54, 1.807) is 0 Å². The Kier molecular flexibility index (Phi) is 6.19. The van der Waals surface area contributed by atoms with E-state index < -0.39 is 0 Å². The molecule has 20 heavy (non-hydrogen) atoms. The molecule has 0 saturated heterocycles. The van der Waals surface area contributed by atoms with Crippen LogP contribution in [-0.2, 0) is 0 Å². The van der Waals surface area contributed by atoms with Gasteiger partial charge in [-0.1, -0.05) is 51.2 Å². The van der Waals surface area contributed by atoms with E-state index in [0.29, 0.717) is 19.3 Å². The van der Waals surface area contributed by atoms with E-state index in [1.807, 2.05) is 13.1 Å². The Bertz CT molecular complexity index is 406. The van der Waals surface area contributed by atoms with E-state index in [9.17, 15) is 0 Å². The first-order chi connectivity index (χ1) is 9.86. The minimum atomic E-state index is 0.355. The van der Waals surface area contributed by atoms with E-state index in [-0.39, 0.29) is 0 Å². The maximum atomic E-state index is 5.82. The molecular formula is C17H27NO2. The number of benzene rings is 1. The van der Waals surface area contributed by atoms with Crippen molar-refractivity contribution in [3.8, 4) is 11.5 Å². The fraction of sp³-hybridized carbons (Fsp3) is 0.647. The van der Waals surface area contributed by atoms with Gasteiger partial charge in [0.1, 0.15) is 13.2 Å². The number of rotatable bonds is 8. The number of unbranched alkanes of at least 4 members (excludes halogenated alkanes) is 4. The Hall–Kier alpha value is -1.22. The zero-order valence-corrected chi connectivity index (χ0v) is 12.8. The van der Waals surface area contributed by atoms with Gasteiger partial charge in [0.15, 0.2) is 11.5 Å². The number of ether oxygens (including phenoxy) is 2. The molecule has 3 nitrogen and oxygen atoms in total. The summed E-state index contributed by atoms with van der Waals surface area (Å²) >= 11 is 0. The molecule has 0 amide bonds. The normalized spacial score (nSPS) is 15.1. The van der Waals surface area contributed by atoms with Gasteiger partial charge in [-0.2, -0.15) is 0 Å². The summed E-state index contributed by atoms with van der Waals surface area (Å²) in [7, 11) is 2.03. The number of nitrogens with one attached hydrogen (secondary N) is 1. The standard InChI is InChI=1S/C17H27NO2/c1-3-4-5-6-7-10-15(18-2)14-9-8-11-16-17(14)20-13-12-19-16/h8-9,11,15,18H,3-7,10,12-13H2,1-2H3. The molecule has 1 N–H and O–H groups in total. The van der Waals surface area contributed by atoms with Crippen LogP contribution in [-0.4, -0.2) is 20.3 Å². The molecule has 0 aliphatic carbocycles. The summed E-state index contributed by atoms with van der Waals surface area (Å²) in [5.74, 6) is 1.83. The molecule has 0 bridgehead atoms. The van der Waals surface area contributed by atoms with E-state index in [2.05, 4.69) is 24.4 Å². The van der Waals surface area contributed by atoms with Crippen molar-refractivity contribution in [2.45, 2.75) is 51.5 Å². The van der Waals surface area contributed by atoms with Crippen molar-refractivity contribution in [2.75, 3.05) is 20.3 Å². The lowest BCUT2D eigenvalue weighted by atomic mass is 9.98. The van der Waals surface area contributed by atoms with Gasteiger partial charge in [0.25, 0.3) is 0 Å². The molecular weight excluding hydrogens is 250 g/mol. The van der Waals surface area contributed by atoms with Gasteiger partial charge in [0.05, 0.1) is 0 Å². The minimum absolute atomic E-state index is 0.355. The molecule has 1 aliphatic heterocycles. The zero-order chi connectivity index (χ0) is 14.2. The second kappa shape index (κ2) is 8.15. The molecule has 0 radical (unpaired) electrons. The predicted molar refractivity (Wildman–Crippen MR) is 82.6 cm³/mol. The van der Waals surface area contributed by atoms with Crippen molar-refractivity contribution in [3.05, 3.63) is 23.8 Å². The molecule has 2 rings (SSSR count). The highest BCUT2D eigenvalue weighted by Crippen LogP contribution is 2.38. The van der Waals surface area contributed by atoms with Gasteiger partial charge in [0.2, 0.25) is 0 Å². The van der Waals surface area contributed by atoms with Crippen molar-refractivity contribution >= 4 is 0 Å². The molecule has 0 fully saturated rings. The van der Waals surface area contributed by atoms with Crippen LogP contribution in [0.15, 0.2) is 18.2 Å². The minimum Gasteiger partial charge on any atom is -0.486 e. The van der Waals surface area contributed by atoms with Crippen molar-refractivity contribution < 1.29 is 9.47 Å².